The second kappa shape index (κ2) is 5.85. The average molecular weight is 278 g/mol. The highest BCUT2D eigenvalue weighted by Crippen LogP contribution is 2.32. The SMILES string of the molecule is CCN(c1ccc(F)cc1)c1ccc(C=O)cc1Cl. The molecule has 0 amide bonds. The number of halogens is 2. The van der Waals surface area contributed by atoms with Gasteiger partial charge >= 0.3 is 0 Å². The van der Waals surface area contributed by atoms with Gasteiger partial charge in [-0.2, -0.15) is 0 Å². The Bertz CT molecular complexity index is 583. The summed E-state index contributed by atoms with van der Waals surface area (Å²) in [5, 5.41) is 0.496. The Labute approximate surface area is 116 Å². The third-order valence-corrected chi connectivity index (χ3v) is 3.16. The van der Waals surface area contributed by atoms with Gasteiger partial charge in [0.15, 0.2) is 0 Å². The van der Waals surface area contributed by atoms with Crippen molar-refractivity contribution in [3.63, 3.8) is 0 Å². The molecule has 0 aliphatic rings. The molecule has 0 bridgehead atoms. The molecule has 0 heterocycles. The lowest BCUT2D eigenvalue weighted by Gasteiger charge is -2.24. The fourth-order valence-corrected chi connectivity index (χ4v) is 2.22. The second-order valence-corrected chi connectivity index (χ2v) is 4.46. The highest BCUT2D eigenvalue weighted by atomic mass is 35.5. The zero-order chi connectivity index (χ0) is 13.8. The van der Waals surface area contributed by atoms with E-state index in [1.165, 1.54) is 12.1 Å². The molecule has 0 N–H and O–H groups in total. The van der Waals surface area contributed by atoms with E-state index in [9.17, 15) is 9.18 Å². The third kappa shape index (κ3) is 2.93. The van der Waals surface area contributed by atoms with Gasteiger partial charge in [-0.25, -0.2) is 4.39 Å². The largest absolute Gasteiger partial charge is 0.341 e. The first-order valence-electron chi connectivity index (χ1n) is 5.93. The molecule has 0 saturated heterocycles. The molecule has 2 aromatic carbocycles. The van der Waals surface area contributed by atoms with Gasteiger partial charge in [-0.15, -0.1) is 0 Å². The van der Waals surface area contributed by atoms with Gasteiger partial charge in [0.25, 0.3) is 0 Å². The van der Waals surface area contributed by atoms with E-state index in [1.807, 2.05) is 11.8 Å². The molecular weight excluding hydrogens is 265 g/mol. The minimum absolute atomic E-state index is 0.276. The van der Waals surface area contributed by atoms with Crippen LogP contribution in [0.2, 0.25) is 5.02 Å². The number of rotatable bonds is 4. The van der Waals surface area contributed by atoms with Crippen molar-refractivity contribution in [2.24, 2.45) is 0 Å². The number of hydrogen-bond donors (Lipinski definition) is 0. The van der Waals surface area contributed by atoms with Gasteiger partial charge in [0.05, 0.1) is 10.7 Å². The highest BCUT2D eigenvalue weighted by molar-refractivity contribution is 6.33. The Balaban J connectivity index is 2.41. The van der Waals surface area contributed by atoms with E-state index in [0.717, 1.165) is 17.7 Å². The summed E-state index contributed by atoms with van der Waals surface area (Å²) in [6.07, 6.45) is 0.754. The van der Waals surface area contributed by atoms with E-state index in [4.69, 9.17) is 11.6 Å². The molecule has 2 rings (SSSR count). The number of nitrogens with zero attached hydrogens (tertiary/aromatic N) is 1. The molecule has 19 heavy (non-hydrogen) atoms. The molecule has 0 atom stereocenters. The maximum absolute atomic E-state index is 13.0. The van der Waals surface area contributed by atoms with Gasteiger partial charge in [0.2, 0.25) is 0 Å². The van der Waals surface area contributed by atoms with Crippen molar-refractivity contribution in [2.75, 3.05) is 11.4 Å². The van der Waals surface area contributed by atoms with Gasteiger partial charge in [-0.3, -0.25) is 4.79 Å². The quantitative estimate of drug-likeness (QED) is 0.770. The summed E-state index contributed by atoms with van der Waals surface area (Å²) < 4.78 is 13.0. The van der Waals surface area contributed by atoms with E-state index < -0.39 is 0 Å². The molecule has 0 fully saturated rings. The molecule has 0 radical (unpaired) electrons. The first-order valence-corrected chi connectivity index (χ1v) is 6.31. The van der Waals surface area contributed by atoms with E-state index in [2.05, 4.69) is 0 Å². The molecular formula is C15H13ClFNO. The van der Waals surface area contributed by atoms with Crippen molar-refractivity contribution in [3.8, 4) is 0 Å². The first kappa shape index (κ1) is 13.6. The Morgan fingerprint density at radius 3 is 2.42 bits per heavy atom. The van der Waals surface area contributed by atoms with Crippen LogP contribution in [0.4, 0.5) is 15.8 Å². The maximum Gasteiger partial charge on any atom is 0.150 e. The number of aldehydes is 1. The van der Waals surface area contributed by atoms with E-state index in [-0.39, 0.29) is 5.82 Å². The standard InChI is InChI=1S/C15H13ClFNO/c1-2-18(13-6-4-12(17)5-7-13)15-8-3-11(10-19)9-14(15)16/h3-10H,2H2,1H3. The number of anilines is 2. The molecule has 98 valence electrons. The minimum Gasteiger partial charge on any atom is -0.341 e. The van der Waals surface area contributed by atoms with Crippen LogP contribution in [-0.2, 0) is 0 Å². The van der Waals surface area contributed by atoms with Crippen molar-refractivity contribution in [2.45, 2.75) is 6.92 Å². The van der Waals surface area contributed by atoms with Crippen molar-refractivity contribution in [3.05, 3.63) is 58.9 Å². The third-order valence-electron chi connectivity index (χ3n) is 2.85. The lowest BCUT2D eigenvalue weighted by Crippen LogP contribution is -2.16. The van der Waals surface area contributed by atoms with E-state index >= 15 is 0 Å². The summed E-state index contributed by atoms with van der Waals surface area (Å²) in [5.74, 6) is -0.276. The van der Waals surface area contributed by atoms with Crippen LogP contribution in [0.5, 0.6) is 0 Å². The molecule has 2 aromatic rings. The smallest absolute Gasteiger partial charge is 0.150 e. The summed E-state index contributed by atoms with van der Waals surface area (Å²) in [5.41, 5.74) is 2.18. The van der Waals surface area contributed by atoms with Gasteiger partial charge in [0.1, 0.15) is 12.1 Å². The summed E-state index contributed by atoms with van der Waals surface area (Å²) in [6, 6.07) is 11.3. The van der Waals surface area contributed by atoms with Crippen LogP contribution in [-0.4, -0.2) is 12.8 Å². The van der Waals surface area contributed by atoms with Gasteiger partial charge in [-0.05, 0) is 49.4 Å². The van der Waals surface area contributed by atoms with E-state index in [1.54, 1.807) is 30.3 Å². The average Bonchev–Trinajstić information content (AvgIpc) is 2.43. The summed E-state index contributed by atoms with van der Waals surface area (Å²) >= 11 is 6.19. The maximum atomic E-state index is 13.0. The lowest BCUT2D eigenvalue weighted by molar-refractivity contribution is 0.112. The second-order valence-electron chi connectivity index (χ2n) is 4.05. The molecule has 0 aromatic heterocycles. The fourth-order valence-electron chi connectivity index (χ4n) is 1.93. The van der Waals surface area contributed by atoms with Crippen LogP contribution < -0.4 is 4.90 Å². The predicted octanol–water partition coefficient (Wildman–Crippen LogP) is 4.45. The molecule has 0 saturated carbocycles. The molecule has 2 nitrogen and oxygen atoms in total. The topological polar surface area (TPSA) is 20.3 Å². The lowest BCUT2D eigenvalue weighted by atomic mass is 10.2. The Morgan fingerprint density at radius 2 is 1.89 bits per heavy atom. The zero-order valence-electron chi connectivity index (χ0n) is 10.4. The van der Waals surface area contributed by atoms with Crippen LogP contribution in [0.25, 0.3) is 0 Å². The van der Waals surface area contributed by atoms with Gasteiger partial charge in [-0.1, -0.05) is 11.6 Å². The van der Waals surface area contributed by atoms with Crippen LogP contribution in [0.3, 0.4) is 0 Å². The number of benzene rings is 2. The van der Waals surface area contributed by atoms with Crippen LogP contribution in [0.15, 0.2) is 42.5 Å². The van der Waals surface area contributed by atoms with Crippen LogP contribution >= 0.6 is 11.6 Å². The Morgan fingerprint density at radius 1 is 1.21 bits per heavy atom. The van der Waals surface area contributed by atoms with Crippen LogP contribution in [0, 0.1) is 5.82 Å². The molecule has 4 heteroatoms. The minimum atomic E-state index is -0.276. The monoisotopic (exact) mass is 277 g/mol. The predicted molar refractivity (Wildman–Crippen MR) is 75.9 cm³/mol. The number of hydrogen-bond acceptors (Lipinski definition) is 2. The fraction of sp³-hybridized carbons (Fsp3) is 0.133. The number of carbonyl (C=O) groups is 1. The molecule has 0 aliphatic carbocycles. The number of carbonyl (C=O) groups excluding carboxylic acids is 1. The van der Waals surface area contributed by atoms with Crippen molar-refractivity contribution >= 4 is 29.3 Å². The molecule has 0 aliphatic heterocycles. The first-order chi connectivity index (χ1) is 9.15. The van der Waals surface area contributed by atoms with Crippen molar-refractivity contribution in [1.29, 1.82) is 0 Å². The molecule has 0 spiro atoms. The summed E-state index contributed by atoms with van der Waals surface area (Å²) in [4.78, 5) is 12.7. The normalized spacial score (nSPS) is 10.3. The zero-order valence-corrected chi connectivity index (χ0v) is 11.2. The van der Waals surface area contributed by atoms with Crippen LogP contribution in [0.1, 0.15) is 17.3 Å². The summed E-state index contributed by atoms with van der Waals surface area (Å²) in [6.45, 7) is 2.67. The van der Waals surface area contributed by atoms with Crippen molar-refractivity contribution in [1.82, 2.24) is 0 Å². The van der Waals surface area contributed by atoms with E-state index in [0.29, 0.717) is 17.1 Å². The van der Waals surface area contributed by atoms with Gasteiger partial charge in [0, 0.05) is 17.8 Å². The van der Waals surface area contributed by atoms with Crippen molar-refractivity contribution < 1.29 is 9.18 Å². The Kier molecular flexibility index (Phi) is 4.17. The Hall–Kier alpha value is -1.87. The highest BCUT2D eigenvalue weighted by Gasteiger charge is 2.11. The summed E-state index contributed by atoms with van der Waals surface area (Å²) in [7, 11) is 0. The van der Waals surface area contributed by atoms with Gasteiger partial charge < -0.3 is 4.90 Å². The molecule has 0 unspecified atom stereocenters.